The van der Waals surface area contributed by atoms with Gasteiger partial charge in [-0.2, -0.15) is 0 Å². The van der Waals surface area contributed by atoms with Gasteiger partial charge in [-0.3, -0.25) is 0 Å². The van der Waals surface area contributed by atoms with Crippen molar-refractivity contribution in [3.05, 3.63) is 0 Å². The average Bonchev–Trinajstić information content (AvgIpc) is 1.37. The molecule has 21 valence electrons. The Kier molecular flexibility index (Phi) is 5.66. The van der Waals surface area contributed by atoms with Gasteiger partial charge in [-0.15, -0.1) is 0 Å². The van der Waals surface area contributed by atoms with E-state index in [9.17, 15) is 0 Å². The molecule has 1 N–H and O–H groups in total. The van der Waals surface area contributed by atoms with E-state index in [-0.39, 0.29) is 9.03 Å². The summed E-state index contributed by atoms with van der Waals surface area (Å²) in [6.45, 7) is 0. The normalized spacial score (nSPS) is 10.8. The average molecular weight is 266 g/mol. The summed E-state index contributed by atoms with van der Waals surface area (Å²) >= 11 is 0.336. The Balaban J connectivity index is 1.97. The first-order valence-electron chi connectivity index (χ1n) is 0.716. The molecule has 0 bridgehead atoms. The van der Waals surface area contributed by atoms with E-state index in [4.69, 9.17) is 4.89 Å². The van der Waals surface area contributed by atoms with Crippen molar-refractivity contribution in [3.8, 4) is 0 Å². The minimum absolute atomic E-state index is 0.273. The van der Waals surface area contributed by atoms with E-state index in [0.717, 1.165) is 0 Å². The molecule has 0 aromatic rings. The Morgan fingerprint density at radius 1 is 2.00 bits per heavy atom. The summed E-state index contributed by atoms with van der Waals surface area (Å²) in [5, 5.41) is 0. The zero-order valence-electron chi connectivity index (χ0n) is 2.06. The second-order valence-electron chi connectivity index (χ2n) is 0.236. The summed E-state index contributed by atoms with van der Waals surface area (Å²) < 4.78 is 4.32. The number of rotatable bonds is 1. The predicted octanol–water partition coefficient (Wildman–Crippen LogP) is -0.0344. The second kappa shape index (κ2) is 4.29. The van der Waals surface area contributed by atoms with Crippen LogP contribution >= 0.6 is 9.03 Å². The first-order valence-corrected chi connectivity index (χ1v) is 3.82. The molecule has 0 saturated heterocycles. The third kappa shape index (κ3) is 3.29. The molecular formula is H2HgO2P. The van der Waals surface area contributed by atoms with Crippen molar-refractivity contribution in [2.24, 2.45) is 0 Å². The molecule has 0 spiro atoms. The van der Waals surface area contributed by atoms with E-state index < -0.39 is 0 Å². The summed E-state index contributed by atoms with van der Waals surface area (Å²) in [6.07, 6.45) is 0. The second-order valence-corrected chi connectivity index (χ2v) is 4.07. The molecule has 0 radical (unpaired) electrons. The zero-order valence-corrected chi connectivity index (χ0v) is 8.56. The summed E-state index contributed by atoms with van der Waals surface area (Å²) in [4.78, 5) is 7.73. The molecule has 1 unspecified atom stereocenters. The third-order valence-corrected chi connectivity index (χ3v) is 1.70. The van der Waals surface area contributed by atoms with Crippen LogP contribution in [0.1, 0.15) is 0 Å². The molecule has 0 heterocycles. The summed E-state index contributed by atoms with van der Waals surface area (Å²) in [5.41, 5.74) is 0. The monoisotopic (exact) mass is 267 g/mol. The molecule has 0 rings (SSSR count). The van der Waals surface area contributed by atoms with Gasteiger partial charge in [0.05, 0.1) is 0 Å². The van der Waals surface area contributed by atoms with Crippen molar-refractivity contribution in [2.45, 2.75) is 0 Å². The van der Waals surface area contributed by atoms with Crippen LogP contribution in [0.4, 0.5) is 0 Å². The standard InChI is InChI=1S/Hg.H2O2P/c;1-3-2/h;1,3H/q+1;-1. The van der Waals surface area contributed by atoms with Gasteiger partial charge in [0.15, 0.2) is 0 Å². The first kappa shape index (κ1) is 5.29. The Hall–Kier alpha value is 1.29. The van der Waals surface area contributed by atoms with E-state index in [1.54, 1.807) is 0 Å². The van der Waals surface area contributed by atoms with Crippen molar-refractivity contribution in [3.63, 3.8) is 0 Å². The third-order valence-electron chi connectivity index (χ3n) is 0.0645. The topological polar surface area (TPSA) is 29.5 Å². The van der Waals surface area contributed by atoms with Crippen LogP contribution in [0.5, 0.6) is 0 Å². The number of hydrogen-bond donors (Lipinski definition) is 1. The molecule has 4 heavy (non-hydrogen) atoms. The molecule has 1 atom stereocenters. The van der Waals surface area contributed by atoms with Gasteiger partial charge < -0.3 is 0 Å². The van der Waals surface area contributed by atoms with E-state index in [1.807, 2.05) is 0 Å². The van der Waals surface area contributed by atoms with Crippen LogP contribution in [0, 0.1) is 0 Å². The quantitative estimate of drug-likeness (QED) is 0.533. The van der Waals surface area contributed by atoms with Crippen molar-refractivity contribution in [1.29, 1.82) is 0 Å². The maximum atomic E-state index is 7.73. The van der Waals surface area contributed by atoms with Crippen LogP contribution in [0.2, 0.25) is 0 Å². The van der Waals surface area contributed by atoms with Crippen molar-refractivity contribution in [1.82, 2.24) is 0 Å². The van der Waals surface area contributed by atoms with Gasteiger partial charge in [0.1, 0.15) is 0 Å². The molecule has 4 heteroatoms. The Labute approximate surface area is 43.1 Å². The van der Waals surface area contributed by atoms with E-state index in [0.29, 0.717) is 26.6 Å². The minimum atomic E-state index is -0.273. The van der Waals surface area contributed by atoms with E-state index in [1.165, 1.54) is 0 Å². The molecule has 0 aromatic carbocycles. The Morgan fingerprint density at radius 2 is 2.25 bits per heavy atom. The van der Waals surface area contributed by atoms with E-state index >= 15 is 0 Å². The summed E-state index contributed by atoms with van der Waals surface area (Å²) in [6, 6.07) is 0. The predicted molar refractivity (Wildman–Crippen MR) is 11.6 cm³/mol. The fourth-order valence-electron chi connectivity index (χ4n) is 0. The van der Waals surface area contributed by atoms with Gasteiger partial charge >= 0.3 is 42.9 Å². The molecule has 2 nitrogen and oxygen atoms in total. The molecule has 0 aliphatic heterocycles. The fraction of sp³-hybridized carbons (Fsp3) is 0. The van der Waals surface area contributed by atoms with Crippen LogP contribution in [-0.2, 0) is 29.0 Å². The van der Waals surface area contributed by atoms with Gasteiger partial charge in [0.25, 0.3) is 0 Å². The van der Waals surface area contributed by atoms with Gasteiger partial charge in [-0.1, -0.05) is 0 Å². The summed E-state index contributed by atoms with van der Waals surface area (Å²) in [7, 11) is -0.273. The first-order chi connectivity index (χ1) is 1.91. The molecule has 0 fully saturated rings. The number of hydrogen-bond acceptors (Lipinski definition) is 2. The van der Waals surface area contributed by atoms with Gasteiger partial charge in [-0.05, 0) is 0 Å². The van der Waals surface area contributed by atoms with Crippen LogP contribution in [0.3, 0.4) is 0 Å². The maximum absolute atomic E-state index is 7.73. The van der Waals surface area contributed by atoms with Crippen molar-refractivity contribution < 1.29 is 33.9 Å². The Morgan fingerprint density at radius 3 is 2.25 bits per heavy atom. The molecular weight excluding hydrogens is 264 g/mol. The van der Waals surface area contributed by atoms with Gasteiger partial charge in [0, 0.05) is 0 Å². The molecule has 0 aliphatic rings. The summed E-state index contributed by atoms with van der Waals surface area (Å²) in [5.74, 6) is 0. The van der Waals surface area contributed by atoms with Crippen LogP contribution in [0.25, 0.3) is 0 Å². The van der Waals surface area contributed by atoms with Crippen LogP contribution in [-0.4, -0.2) is 4.89 Å². The Bertz CT molecular complexity index is 8.00. The van der Waals surface area contributed by atoms with Crippen molar-refractivity contribution >= 4 is 9.03 Å². The van der Waals surface area contributed by atoms with Crippen LogP contribution < -0.4 is 0 Å². The van der Waals surface area contributed by atoms with Crippen LogP contribution in [0.15, 0.2) is 0 Å². The SMILES string of the molecule is OP[O][Hg]. The molecule has 0 amide bonds. The van der Waals surface area contributed by atoms with E-state index in [2.05, 4.69) is 2.43 Å². The van der Waals surface area contributed by atoms with Gasteiger partial charge in [-0.25, -0.2) is 0 Å². The molecule has 0 saturated carbocycles. The van der Waals surface area contributed by atoms with Gasteiger partial charge in [0.2, 0.25) is 0 Å². The zero-order chi connectivity index (χ0) is 3.41. The fourth-order valence-corrected chi connectivity index (χ4v) is 0. The molecule has 0 aliphatic carbocycles. The van der Waals surface area contributed by atoms with Crippen molar-refractivity contribution in [2.75, 3.05) is 0 Å². The molecule has 0 aromatic heterocycles.